The molecule has 0 saturated carbocycles. The number of para-hydroxylation sites is 3. The molecular weight excluding hydrogens is 701 g/mol. The monoisotopic (exact) mass is 742 g/mol. The molecule has 8 heteroatoms. The highest BCUT2D eigenvalue weighted by molar-refractivity contribution is 6.04. The van der Waals surface area contributed by atoms with Gasteiger partial charge in [0.15, 0.2) is 23.3 Å². The highest BCUT2D eigenvalue weighted by atomic mass is 15.5. The first-order valence-corrected chi connectivity index (χ1v) is 20.0. The lowest BCUT2D eigenvalue weighted by Gasteiger charge is -2.51. The molecule has 57 heavy (non-hydrogen) atoms. The number of aromatic nitrogens is 4. The van der Waals surface area contributed by atoms with E-state index in [0.29, 0.717) is 0 Å². The quantitative estimate of drug-likeness (QED) is 0.173. The lowest BCUT2D eigenvalue weighted by molar-refractivity contribution is 0.423. The smallest absolute Gasteiger partial charge is 0.178 e. The summed E-state index contributed by atoms with van der Waals surface area (Å²) in [6.07, 6.45) is 8.60. The maximum Gasteiger partial charge on any atom is 0.178 e. The second kappa shape index (κ2) is 12.6. The van der Waals surface area contributed by atoms with E-state index in [-0.39, 0.29) is 17.7 Å². The van der Waals surface area contributed by atoms with Crippen LogP contribution in [0.5, 0.6) is 0 Å². The average molecular weight is 743 g/mol. The van der Waals surface area contributed by atoms with Gasteiger partial charge in [-0.1, -0.05) is 98.8 Å². The van der Waals surface area contributed by atoms with Crippen LogP contribution in [0.4, 0.5) is 46.0 Å². The summed E-state index contributed by atoms with van der Waals surface area (Å²) in [5.74, 6) is 3.42. The molecule has 4 aliphatic heterocycles. The van der Waals surface area contributed by atoms with Crippen LogP contribution in [0.3, 0.4) is 0 Å². The molecule has 5 aromatic carbocycles. The number of aryl methyl sites for hydroxylation is 2. The van der Waals surface area contributed by atoms with E-state index in [2.05, 4.69) is 169 Å². The van der Waals surface area contributed by atoms with Crippen LogP contribution in [0.25, 0.3) is 16.7 Å². The lowest BCUT2D eigenvalue weighted by Crippen LogP contribution is -2.53. The highest BCUT2D eigenvalue weighted by Crippen LogP contribution is 2.64. The molecule has 0 bridgehead atoms. The van der Waals surface area contributed by atoms with Gasteiger partial charge in [-0.15, -0.1) is 0 Å². The summed E-state index contributed by atoms with van der Waals surface area (Å²) in [4.78, 5) is 30.2. The number of hydrogen-bond acceptors (Lipinski definition) is 8. The molecule has 8 nitrogen and oxygen atoms in total. The minimum absolute atomic E-state index is 0.239. The Labute approximate surface area is 333 Å². The Morgan fingerprint density at radius 3 is 1.61 bits per heavy atom. The van der Waals surface area contributed by atoms with E-state index in [1.165, 1.54) is 50.2 Å². The van der Waals surface area contributed by atoms with E-state index in [0.717, 1.165) is 53.2 Å². The Balaban J connectivity index is 1.26. The first kappa shape index (κ1) is 33.5. The Morgan fingerprint density at radius 2 is 1.00 bits per heavy atom. The summed E-state index contributed by atoms with van der Waals surface area (Å²) in [7, 11) is 0. The molecule has 0 radical (unpaired) electrons. The predicted molar refractivity (Wildman–Crippen MR) is 230 cm³/mol. The number of anilines is 8. The molecular formula is C49H42N8. The molecule has 7 aromatic rings. The van der Waals surface area contributed by atoms with Gasteiger partial charge in [-0.05, 0) is 96.5 Å². The molecule has 2 unspecified atom stereocenters. The molecule has 0 amide bonds. The fraction of sp³-hybridized carbons (Fsp3) is 0.184. The third kappa shape index (κ3) is 4.55. The topological polar surface area (TPSA) is 64.5 Å². The minimum Gasteiger partial charge on any atom is -0.298 e. The number of benzene rings is 5. The van der Waals surface area contributed by atoms with Crippen LogP contribution in [-0.2, 0) is 5.41 Å². The molecule has 0 saturated heterocycles. The third-order valence-corrected chi connectivity index (χ3v) is 12.8. The Bertz CT molecular complexity index is 2700. The first-order chi connectivity index (χ1) is 28.1. The molecule has 2 aromatic heterocycles. The van der Waals surface area contributed by atoms with Crippen molar-refractivity contribution >= 4 is 51.6 Å². The van der Waals surface area contributed by atoms with Crippen molar-refractivity contribution < 1.29 is 0 Å². The van der Waals surface area contributed by atoms with Gasteiger partial charge in [0.05, 0.1) is 5.69 Å². The summed E-state index contributed by atoms with van der Waals surface area (Å²) in [5.41, 5.74) is 14.2. The zero-order valence-electron chi connectivity index (χ0n) is 32.5. The van der Waals surface area contributed by atoms with E-state index in [1.54, 1.807) is 0 Å². The second-order valence-corrected chi connectivity index (χ2v) is 15.4. The summed E-state index contributed by atoms with van der Waals surface area (Å²) >= 11 is 0. The van der Waals surface area contributed by atoms with Gasteiger partial charge >= 0.3 is 0 Å². The molecule has 6 heterocycles. The van der Waals surface area contributed by atoms with E-state index < -0.39 is 0 Å². The van der Waals surface area contributed by atoms with Crippen molar-refractivity contribution in [1.29, 1.82) is 0 Å². The summed E-state index contributed by atoms with van der Waals surface area (Å²) in [6, 6.07) is 44.0. The van der Waals surface area contributed by atoms with Crippen molar-refractivity contribution in [1.82, 2.24) is 19.9 Å². The van der Waals surface area contributed by atoms with E-state index >= 15 is 0 Å². The van der Waals surface area contributed by atoms with Gasteiger partial charge in [0.1, 0.15) is 12.3 Å². The third-order valence-electron chi connectivity index (χ3n) is 12.8. The fourth-order valence-corrected chi connectivity index (χ4v) is 10.5. The average Bonchev–Trinajstić information content (AvgIpc) is 3.89. The minimum atomic E-state index is -0.345. The van der Waals surface area contributed by atoms with Gasteiger partial charge in [-0.2, -0.15) is 0 Å². The van der Waals surface area contributed by atoms with Gasteiger partial charge in [0.25, 0.3) is 0 Å². The van der Waals surface area contributed by atoms with Gasteiger partial charge in [-0.3, -0.25) is 19.6 Å². The lowest BCUT2D eigenvalue weighted by atomic mass is 9.64. The number of fused-ring (bicyclic) bond motifs is 10. The molecule has 0 N–H and O–H groups in total. The molecule has 2 atom stereocenters. The van der Waals surface area contributed by atoms with E-state index in [1.807, 2.05) is 24.8 Å². The van der Waals surface area contributed by atoms with Crippen molar-refractivity contribution in [2.75, 3.05) is 19.6 Å². The molecule has 278 valence electrons. The van der Waals surface area contributed by atoms with Crippen LogP contribution in [-0.4, -0.2) is 32.3 Å². The zero-order valence-corrected chi connectivity index (χ0v) is 32.5. The van der Waals surface area contributed by atoms with E-state index in [9.17, 15) is 0 Å². The number of nitrogens with zero attached hydrogens (tertiary/aromatic N) is 8. The van der Waals surface area contributed by atoms with Crippen molar-refractivity contribution in [3.05, 3.63) is 174 Å². The molecule has 4 aliphatic rings. The van der Waals surface area contributed by atoms with Gasteiger partial charge < -0.3 is 0 Å². The second-order valence-electron chi connectivity index (χ2n) is 15.4. The van der Waals surface area contributed by atoms with Crippen LogP contribution in [0.1, 0.15) is 48.9 Å². The summed E-state index contributed by atoms with van der Waals surface area (Å²) in [5, 5.41) is 0. The molecule has 0 spiro atoms. The maximum atomic E-state index is 5.18. The first-order valence-electron chi connectivity index (χ1n) is 20.0. The largest absolute Gasteiger partial charge is 0.298 e. The molecule has 0 aliphatic carbocycles. The predicted octanol–water partition coefficient (Wildman–Crippen LogP) is 11.3. The Morgan fingerprint density at radius 1 is 0.509 bits per heavy atom. The van der Waals surface area contributed by atoms with E-state index in [4.69, 9.17) is 19.9 Å². The zero-order chi connectivity index (χ0) is 38.4. The SMILES string of the molecule is CCC1(CC)C(=C2c3ccccc3N3c4nccnc4N(c4ccccc4)C23)C2N(c3cc(C)c(-c4ccccc4)c(C)c3)c3nccnc3N2c2ccccc21. The highest BCUT2D eigenvalue weighted by Gasteiger charge is 2.58. The van der Waals surface area contributed by atoms with Crippen LogP contribution in [0, 0.1) is 13.8 Å². The van der Waals surface area contributed by atoms with Crippen LogP contribution in [0.15, 0.2) is 152 Å². The molecule has 0 fully saturated rings. The van der Waals surface area contributed by atoms with Crippen LogP contribution >= 0.6 is 0 Å². The standard InChI is InChI=1S/C49H42N8/c1-5-49(6-2)37-22-14-16-24-39(37)57-46-44(51-26-28-53-46)55(35-29-31(3)40(32(4)30-35)33-17-9-7-10-18-33)48(57)42(49)41-36-21-13-15-23-38(36)56-45-43(50-25-27-52-45)54(47(41)56)34-19-11-8-12-20-34/h7-30,47-48H,5-6H2,1-4H3. The fourth-order valence-electron chi connectivity index (χ4n) is 10.5. The van der Waals surface area contributed by atoms with Crippen molar-refractivity contribution in [3.63, 3.8) is 0 Å². The van der Waals surface area contributed by atoms with Gasteiger partial charge in [0, 0.05) is 58.4 Å². The maximum absolute atomic E-state index is 5.18. The van der Waals surface area contributed by atoms with Gasteiger partial charge in [0.2, 0.25) is 0 Å². The summed E-state index contributed by atoms with van der Waals surface area (Å²) < 4.78 is 0. The van der Waals surface area contributed by atoms with Crippen LogP contribution < -0.4 is 19.6 Å². The van der Waals surface area contributed by atoms with Gasteiger partial charge in [-0.25, -0.2) is 19.9 Å². The van der Waals surface area contributed by atoms with Crippen molar-refractivity contribution in [2.45, 2.75) is 58.3 Å². The Kier molecular flexibility index (Phi) is 7.42. The van der Waals surface area contributed by atoms with Crippen LogP contribution in [0.2, 0.25) is 0 Å². The normalized spacial score (nSPS) is 19.5. The Hall–Kier alpha value is -6.80. The van der Waals surface area contributed by atoms with Crippen molar-refractivity contribution in [3.8, 4) is 11.1 Å². The number of hydrogen-bond donors (Lipinski definition) is 0. The number of rotatable bonds is 5. The molecule has 11 rings (SSSR count). The van der Waals surface area contributed by atoms with Crippen molar-refractivity contribution in [2.24, 2.45) is 0 Å². The summed E-state index contributed by atoms with van der Waals surface area (Å²) in [6.45, 7) is 9.20.